The molecule has 2 rings (SSSR count). The highest BCUT2D eigenvalue weighted by Gasteiger charge is 2.43. The molecule has 1 fully saturated rings. The minimum Gasteiger partial charge on any atom is -0.321 e. The lowest BCUT2D eigenvalue weighted by Gasteiger charge is -2.13. The Kier molecular flexibility index (Phi) is 2.02. The van der Waals surface area contributed by atoms with Crippen molar-refractivity contribution in [3.8, 4) is 0 Å². The van der Waals surface area contributed by atoms with Crippen LogP contribution in [0.3, 0.4) is 0 Å². The van der Waals surface area contributed by atoms with Gasteiger partial charge in [-0.15, -0.1) is 0 Å². The molecule has 0 bridgehead atoms. The van der Waals surface area contributed by atoms with Crippen LogP contribution in [0.25, 0.3) is 0 Å². The van der Waals surface area contributed by atoms with Gasteiger partial charge in [0.2, 0.25) is 0 Å². The summed E-state index contributed by atoms with van der Waals surface area (Å²) in [6.45, 7) is 1.96. The standard InChI is InChI=1S/C9H10Cl2N2/c1-5-4-6(10)13-8(11)7(5)9(12)2-3-9/h4H,2-3,12H2,1H3. The van der Waals surface area contributed by atoms with Gasteiger partial charge in [0.15, 0.2) is 0 Å². The predicted molar refractivity (Wildman–Crippen MR) is 54.1 cm³/mol. The monoisotopic (exact) mass is 216 g/mol. The van der Waals surface area contributed by atoms with E-state index in [0.29, 0.717) is 10.3 Å². The Morgan fingerprint density at radius 1 is 1.46 bits per heavy atom. The summed E-state index contributed by atoms with van der Waals surface area (Å²) in [6.07, 6.45) is 1.97. The summed E-state index contributed by atoms with van der Waals surface area (Å²) in [5.41, 5.74) is 7.80. The third kappa shape index (κ3) is 1.54. The molecule has 1 aromatic heterocycles. The van der Waals surface area contributed by atoms with Crippen LogP contribution in [0.5, 0.6) is 0 Å². The van der Waals surface area contributed by atoms with Crippen molar-refractivity contribution < 1.29 is 0 Å². The summed E-state index contributed by atoms with van der Waals surface area (Å²) in [5.74, 6) is 0. The number of halogens is 2. The first-order valence-electron chi connectivity index (χ1n) is 4.15. The first-order valence-corrected chi connectivity index (χ1v) is 4.90. The van der Waals surface area contributed by atoms with Crippen LogP contribution in [0.1, 0.15) is 24.0 Å². The number of nitrogens with two attached hydrogens (primary N) is 1. The zero-order chi connectivity index (χ0) is 9.64. The summed E-state index contributed by atoms with van der Waals surface area (Å²) in [4.78, 5) is 3.99. The Bertz CT molecular complexity index is 336. The summed E-state index contributed by atoms with van der Waals surface area (Å²) >= 11 is 11.7. The average Bonchev–Trinajstić information content (AvgIpc) is 2.65. The van der Waals surface area contributed by atoms with Gasteiger partial charge in [-0.05, 0) is 31.4 Å². The predicted octanol–water partition coefficient (Wildman–Crippen LogP) is 2.64. The highest BCUT2D eigenvalue weighted by atomic mass is 35.5. The molecule has 1 heterocycles. The Morgan fingerprint density at radius 2 is 2.08 bits per heavy atom. The van der Waals surface area contributed by atoms with Gasteiger partial charge in [0.25, 0.3) is 0 Å². The molecule has 0 radical (unpaired) electrons. The van der Waals surface area contributed by atoms with Crippen molar-refractivity contribution in [3.63, 3.8) is 0 Å². The fourth-order valence-electron chi connectivity index (χ4n) is 1.58. The fourth-order valence-corrected chi connectivity index (χ4v) is 2.30. The van der Waals surface area contributed by atoms with E-state index in [0.717, 1.165) is 24.0 Å². The Morgan fingerprint density at radius 3 is 2.54 bits per heavy atom. The van der Waals surface area contributed by atoms with E-state index in [1.807, 2.05) is 6.92 Å². The van der Waals surface area contributed by atoms with E-state index in [4.69, 9.17) is 28.9 Å². The van der Waals surface area contributed by atoms with Crippen molar-refractivity contribution >= 4 is 23.2 Å². The van der Waals surface area contributed by atoms with Crippen molar-refractivity contribution in [2.75, 3.05) is 0 Å². The van der Waals surface area contributed by atoms with Crippen LogP contribution >= 0.6 is 23.2 Å². The maximum Gasteiger partial charge on any atom is 0.136 e. The maximum absolute atomic E-state index is 6.05. The van der Waals surface area contributed by atoms with Gasteiger partial charge >= 0.3 is 0 Å². The van der Waals surface area contributed by atoms with Gasteiger partial charge in [0.1, 0.15) is 10.3 Å². The van der Waals surface area contributed by atoms with Crippen LogP contribution < -0.4 is 5.73 Å². The summed E-state index contributed by atoms with van der Waals surface area (Å²) in [6, 6.07) is 1.80. The molecule has 4 heteroatoms. The first kappa shape index (κ1) is 9.25. The summed E-state index contributed by atoms with van der Waals surface area (Å²) in [7, 11) is 0. The smallest absolute Gasteiger partial charge is 0.136 e. The van der Waals surface area contributed by atoms with Crippen molar-refractivity contribution in [2.24, 2.45) is 5.73 Å². The number of hydrogen-bond acceptors (Lipinski definition) is 2. The van der Waals surface area contributed by atoms with E-state index in [1.165, 1.54) is 0 Å². The molecule has 0 unspecified atom stereocenters. The minimum absolute atomic E-state index is 0.237. The Hall–Kier alpha value is -0.310. The van der Waals surface area contributed by atoms with Crippen LogP contribution in [-0.2, 0) is 5.54 Å². The lowest BCUT2D eigenvalue weighted by Crippen LogP contribution is -2.21. The van der Waals surface area contributed by atoms with Crippen molar-refractivity contribution in [2.45, 2.75) is 25.3 Å². The second kappa shape index (κ2) is 2.84. The third-order valence-corrected chi connectivity index (χ3v) is 2.89. The number of aromatic nitrogens is 1. The van der Waals surface area contributed by atoms with Crippen LogP contribution in [-0.4, -0.2) is 4.98 Å². The van der Waals surface area contributed by atoms with Gasteiger partial charge in [0.05, 0.1) is 0 Å². The molecule has 0 atom stereocenters. The van der Waals surface area contributed by atoms with Gasteiger partial charge in [-0.3, -0.25) is 0 Å². The van der Waals surface area contributed by atoms with Crippen molar-refractivity contribution in [3.05, 3.63) is 27.5 Å². The molecule has 2 N–H and O–H groups in total. The normalized spacial score (nSPS) is 18.8. The van der Waals surface area contributed by atoms with E-state index >= 15 is 0 Å². The lowest BCUT2D eigenvalue weighted by atomic mass is 10.0. The molecule has 0 aliphatic heterocycles. The van der Waals surface area contributed by atoms with E-state index in [9.17, 15) is 0 Å². The van der Waals surface area contributed by atoms with Crippen molar-refractivity contribution in [1.82, 2.24) is 4.98 Å². The molecule has 1 saturated carbocycles. The van der Waals surface area contributed by atoms with Gasteiger partial charge < -0.3 is 5.73 Å². The zero-order valence-corrected chi connectivity index (χ0v) is 8.78. The van der Waals surface area contributed by atoms with Crippen LogP contribution in [0.15, 0.2) is 6.07 Å². The maximum atomic E-state index is 6.05. The van der Waals surface area contributed by atoms with E-state index < -0.39 is 0 Å². The van der Waals surface area contributed by atoms with Crippen LogP contribution in [0.2, 0.25) is 10.3 Å². The number of nitrogens with zero attached hydrogens (tertiary/aromatic N) is 1. The van der Waals surface area contributed by atoms with Crippen LogP contribution in [0, 0.1) is 6.92 Å². The molecule has 1 aromatic rings. The molecule has 0 aromatic carbocycles. The van der Waals surface area contributed by atoms with E-state index in [1.54, 1.807) is 6.07 Å². The molecule has 1 aliphatic carbocycles. The molecule has 1 aliphatic rings. The van der Waals surface area contributed by atoms with Gasteiger partial charge in [-0.25, -0.2) is 4.98 Å². The van der Waals surface area contributed by atoms with E-state index in [-0.39, 0.29) is 5.54 Å². The molecular formula is C9H10Cl2N2. The first-order chi connectivity index (χ1) is 6.03. The average molecular weight is 217 g/mol. The topological polar surface area (TPSA) is 38.9 Å². The molecule has 0 amide bonds. The Balaban J connectivity index is 2.57. The number of aryl methyl sites for hydroxylation is 1. The summed E-state index contributed by atoms with van der Waals surface area (Å²) in [5, 5.41) is 0.875. The minimum atomic E-state index is -0.237. The third-order valence-electron chi connectivity index (χ3n) is 2.43. The Labute approximate surface area is 87.1 Å². The molecule has 2 nitrogen and oxygen atoms in total. The quantitative estimate of drug-likeness (QED) is 0.734. The van der Waals surface area contributed by atoms with Gasteiger partial charge in [0, 0.05) is 11.1 Å². The second-order valence-corrected chi connectivity index (χ2v) is 4.33. The summed E-state index contributed by atoms with van der Waals surface area (Å²) < 4.78 is 0. The van der Waals surface area contributed by atoms with Gasteiger partial charge in [-0.2, -0.15) is 0 Å². The lowest BCUT2D eigenvalue weighted by molar-refractivity contribution is 0.728. The fraction of sp³-hybridized carbons (Fsp3) is 0.444. The molecule has 70 valence electrons. The zero-order valence-electron chi connectivity index (χ0n) is 7.27. The van der Waals surface area contributed by atoms with Crippen molar-refractivity contribution in [1.29, 1.82) is 0 Å². The number of rotatable bonds is 1. The highest BCUT2D eigenvalue weighted by Crippen LogP contribution is 2.46. The molecule has 0 saturated heterocycles. The molecule has 13 heavy (non-hydrogen) atoms. The van der Waals surface area contributed by atoms with Crippen LogP contribution in [0.4, 0.5) is 0 Å². The largest absolute Gasteiger partial charge is 0.321 e. The van der Waals surface area contributed by atoms with E-state index in [2.05, 4.69) is 4.98 Å². The molecular weight excluding hydrogens is 207 g/mol. The SMILES string of the molecule is Cc1cc(Cl)nc(Cl)c1C1(N)CC1. The number of pyridine rings is 1. The number of hydrogen-bond donors (Lipinski definition) is 1. The molecule has 0 spiro atoms. The highest BCUT2D eigenvalue weighted by molar-refractivity contribution is 6.33. The second-order valence-electron chi connectivity index (χ2n) is 3.58. The van der Waals surface area contributed by atoms with Gasteiger partial charge in [-0.1, -0.05) is 23.2 Å².